The molecule has 0 spiro atoms. The molecule has 26 heavy (non-hydrogen) atoms. The first kappa shape index (κ1) is 16.3. The summed E-state index contributed by atoms with van der Waals surface area (Å²) < 4.78 is 8.83. The Balaban J connectivity index is 1.75. The lowest BCUT2D eigenvalue weighted by atomic mass is 10.2. The van der Waals surface area contributed by atoms with Gasteiger partial charge in [0.2, 0.25) is 0 Å². The van der Waals surface area contributed by atoms with Crippen LogP contribution >= 0.6 is 0 Å². The number of para-hydroxylation sites is 1. The third-order valence-corrected chi connectivity index (χ3v) is 4.33. The van der Waals surface area contributed by atoms with Crippen molar-refractivity contribution in [2.75, 3.05) is 6.61 Å². The van der Waals surface area contributed by atoms with Crippen molar-refractivity contribution >= 4 is 16.7 Å². The van der Waals surface area contributed by atoms with E-state index < -0.39 is 0 Å². The van der Waals surface area contributed by atoms with Gasteiger partial charge in [-0.05, 0) is 53.2 Å². The average molecular weight is 349 g/mol. The van der Waals surface area contributed by atoms with Gasteiger partial charge in [-0.1, -0.05) is 37.0 Å². The Morgan fingerprint density at radius 2 is 1.85 bits per heavy atom. The molecule has 4 aromatic rings. The second-order valence-corrected chi connectivity index (χ2v) is 6.10. The summed E-state index contributed by atoms with van der Waals surface area (Å²) in [6.45, 7) is 2.86. The number of rotatable bonds is 6. The zero-order valence-electron chi connectivity index (χ0n) is 14.5. The Labute approximate surface area is 149 Å². The highest BCUT2D eigenvalue weighted by molar-refractivity contribution is 5.80. The van der Waals surface area contributed by atoms with E-state index in [4.69, 9.17) is 4.74 Å². The Bertz CT molecular complexity index is 1100. The van der Waals surface area contributed by atoms with Crippen molar-refractivity contribution in [3.05, 3.63) is 58.9 Å². The van der Waals surface area contributed by atoms with Crippen LogP contribution in [0.25, 0.3) is 22.4 Å². The molecule has 0 amide bonds. The number of tetrazole rings is 1. The minimum atomic E-state index is -0.153. The van der Waals surface area contributed by atoms with E-state index in [0.29, 0.717) is 29.0 Å². The molecule has 0 aliphatic carbocycles. The van der Waals surface area contributed by atoms with Crippen LogP contribution in [0.1, 0.15) is 26.2 Å². The van der Waals surface area contributed by atoms with E-state index in [1.165, 1.54) is 4.57 Å². The normalized spacial score (nSPS) is 11.3. The molecule has 0 unspecified atom stereocenters. The van der Waals surface area contributed by atoms with Crippen molar-refractivity contribution in [3.8, 4) is 11.4 Å². The van der Waals surface area contributed by atoms with Crippen LogP contribution in [0.3, 0.4) is 0 Å². The van der Waals surface area contributed by atoms with Gasteiger partial charge in [-0.3, -0.25) is 4.79 Å². The Hall–Kier alpha value is -3.22. The fourth-order valence-corrected chi connectivity index (χ4v) is 2.99. The quantitative estimate of drug-likeness (QED) is 0.500. The summed E-state index contributed by atoms with van der Waals surface area (Å²) in [4.78, 5) is 13.0. The maximum Gasteiger partial charge on any atom is 0.267 e. The summed E-state index contributed by atoms with van der Waals surface area (Å²) in [5.41, 5.74) is 1.23. The monoisotopic (exact) mass is 349 g/mol. The molecule has 0 N–H and O–H groups in total. The van der Waals surface area contributed by atoms with Crippen LogP contribution in [-0.2, 0) is 0 Å². The van der Waals surface area contributed by atoms with E-state index in [0.717, 1.165) is 25.0 Å². The molecule has 0 saturated carbocycles. The first-order chi connectivity index (χ1) is 12.8. The second-order valence-electron chi connectivity index (χ2n) is 6.10. The van der Waals surface area contributed by atoms with Gasteiger partial charge >= 0.3 is 0 Å². The second kappa shape index (κ2) is 6.95. The van der Waals surface area contributed by atoms with Gasteiger partial charge < -0.3 is 4.74 Å². The third-order valence-electron chi connectivity index (χ3n) is 4.33. The highest BCUT2D eigenvalue weighted by atomic mass is 16.5. The number of fused-ring (bicyclic) bond motifs is 3. The molecule has 0 fully saturated rings. The Morgan fingerprint density at radius 1 is 1.04 bits per heavy atom. The zero-order valence-corrected chi connectivity index (χ0v) is 14.5. The van der Waals surface area contributed by atoms with Crippen LogP contribution in [-0.4, -0.2) is 31.2 Å². The van der Waals surface area contributed by atoms with E-state index >= 15 is 0 Å². The van der Waals surface area contributed by atoms with Gasteiger partial charge in [0.05, 0.1) is 23.2 Å². The summed E-state index contributed by atoms with van der Waals surface area (Å²) in [6, 6.07) is 14.7. The van der Waals surface area contributed by atoms with E-state index in [-0.39, 0.29) is 5.56 Å². The molecule has 132 valence electrons. The van der Waals surface area contributed by atoms with Crippen LogP contribution in [0.5, 0.6) is 5.75 Å². The topological polar surface area (TPSA) is 74.3 Å². The summed E-state index contributed by atoms with van der Waals surface area (Å²) in [5, 5.41) is 12.3. The summed E-state index contributed by atoms with van der Waals surface area (Å²) in [5.74, 6) is 1.17. The summed E-state index contributed by atoms with van der Waals surface area (Å²) in [6.07, 6.45) is 3.35. The van der Waals surface area contributed by atoms with E-state index in [1.54, 1.807) is 10.6 Å². The maximum absolute atomic E-state index is 13.0. The predicted octanol–water partition coefficient (Wildman–Crippen LogP) is 3.00. The predicted molar refractivity (Wildman–Crippen MR) is 98.9 cm³/mol. The molecule has 0 radical (unpaired) electrons. The highest BCUT2D eigenvalue weighted by Gasteiger charge is 2.14. The van der Waals surface area contributed by atoms with Crippen LogP contribution in [0.2, 0.25) is 0 Å². The Kier molecular flexibility index (Phi) is 4.35. The van der Waals surface area contributed by atoms with Crippen LogP contribution in [0, 0.1) is 0 Å². The van der Waals surface area contributed by atoms with Gasteiger partial charge in [-0.25, -0.2) is 4.57 Å². The molecule has 7 heteroatoms. The van der Waals surface area contributed by atoms with Gasteiger partial charge in [0.1, 0.15) is 5.75 Å². The molecular weight excluding hydrogens is 330 g/mol. The minimum Gasteiger partial charge on any atom is -0.494 e. The van der Waals surface area contributed by atoms with E-state index in [1.807, 2.05) is 42.5 Å². The van der Waals surface area contributed by atoms with Gasteiger partial charge in [-0.2, -0.15) is 4.52 Å². The molecular formula is C19H19N5O2. The van der Waals surface area contributed by atoms with E-state index in [9.17, 15) is 4.79 Å². The number of unbranched alkanes of at least 4 members (excludes halogenated alkanes) is 2. The van der Waals surface area contributed by atoms with Gasteiger partial charge in [-0.15, -0.1) is 0 Å². The van der Waals surface area contributed by atoms with Crippen molar-refractivity contribution in [3.63, 3.8) is 0 Å². The lowest BCUT2D eigenvalue weighted by Crippen LogP contribution is -2.21. The molecule has 0 bridgehead atoms. The standard InChI is InChI=1S/C19H19N5O2/c1-2-3-6-13-26-15-11-9-14(10-12-15)23-18(25)16-7-4-5-8-17(16)24-19(23)20-21-22-24/h4-5,7-12H,2-3,6,13H2,1H3. The van der Waals surface area contributed by atoms with E-state index in [2.05, 4.69) is 22.4 Å². The molecule has 4 rings (SSSR count). The highest BCUT2D eigenvalue weighted by Crippen LogP contribution is 2.18. The lowest BCUT2D eigenvalue weighted by molar-refractivity contribution is 0.306. The molecule has 2 heterocycles. The number of ether oxygens (including phenoxy) is 1. The summed E-state index contributed by atoms with van der Waals surface area (Å²) in [7, 11) is 0. The first-order valence-electron chi connectivity index (χ1n) is 8.74. The fourth-order valence-electron chi connectivity index (χ4n) is 2.99. The summed E-state index contributed by atoms with van der Waals surface area (Å²) >= 11 is 0. The van der Waals surface area contributed by atoms with Crippen molar-refractivity contribution in [2.45, 2.75) is 26.2 Å². The number of benzene rings is 2. The van der Waals surface area contributed by atoms with Crippen molar-refractivity contribution in [1.29, 1.82) is 0 Å². The first-order valence-corrected chi connectivity index (χ1v) is 8.74. The molecule has 0 atom stereocenters. The molecule has 2 aromatic carbocycles. The minimum absolute atomic E-state index is 0.153. The molecule has 0 aliphatic rings. The van der Waals surface area contributed by atoms with Crippen molar-refractivity contribution in [1.82, 2.24) is 24.6 Å². The van der Waals surface area contributed by atoms with Gasteiger partial charge in [0.25, 0.3) is 11.3 Å². The average Bonchev–Trinajstić information content (AvgIpc) is 3.16. The number of nitrogens with zero attached hydrogens (tertiary/aromatic N) is 5. The van der Waals surface area contributed by atoms with Crippen LogP contribution in [0.4, 0.5) is 0 Å². The number of aromatic nitrogens is 5. The lowest BCUT2D eigenvalue weighted by Gasteiger charge is -2.10. The van der Waals surface area contributed by atoms with Crippen molar-refractivity contribution in [2.24, 2.45) is 0 Å². The van der Waals surface area contributed by atoms with Crippen LogP contribution in [0.15, 0.2) is 53.3 Å². The SMILES string of the molecule is CCCCCOc1ccc(-n2c(=O)c3ccccc3n3nnnc23)cc1. The van der Waals surface area contributed by atoms with Crippen LogP contribution < -0.4 is 10.3 Å². The Morgan fingerprint density at radius 3 is 2.65 bits per heavy atom. The largest absolute Gasteiger partial charge is 0.494 e. The molecule has 7 nitrogen and oxygen atoms in total. The third kappa shape index (κ3) is 2.81. The number of hydrogen-bond acceptors (Lipinski definition) is 5. The maximum atomic E-state index is 13.0. The number of hydrogen-bond donors (Lipinski definition) is 0. The van der Waals surface area contributed by atoms with Gasteiger partial charge in [0.15, 0.2) is 0 Å². The zero-order chi connectivity index (χ0) is 17.9. The fraction of sp³-hybridized carbons (Fsp3) is 0.263. The molecule has 0 saturated heterocycles. The van der Waals surface area contributed by atoms with Crippen molar-refractivity contribution < 1.29 is 4.74 Å². The van der Waals surface area contributed by atoms with Gasteiger partial charge in [0, 0.05) is 0 Å². The smallest absolute Gasteiger partial charge is 0.267 e. The molecule has 2 aromatic heterocycles. The molecule has 0 aliphatic heterocycles.